The molecule has 9 heteroatoms. The number of unbranched alkanes of at least 4 members (excludes halogenated alkanes) is 10. The van der Waals surface area contributed by atoms with Crippen LogP contribution in [0.2, 0.25) is 0 Å². The minimum absolute atomic E-state index is 0.0230. The quantitative estimate of drug-likeness (QED) is 0.0656. The van der Waals surface area contributed by atoms with Gasteiger partial charge in [-0.2, -0.15) is 0 Å². The Labute approximate surface area is 312 Å². The van der Waals surface area contributed by atoms with Crippen LogP contribution in [0.15, 0.2) is 65.6 Å². The SMILES string of the molecule is CCCCCCCCN(C)c1cc(OCCO)c(Cc2c(OCCO)cc(S(=O)(=O)N(C)CCCCCCCC)c3ccccc23)c2ccccc12. The van der Waals surface area contributed by atoms with Gasteiger partial charge in [-0.1, -0.05) is 127 Å². The monoisotopic (exact) mass is 734 g/mol. The van der Waals surface area contributed by atoms with Crippen LogP contribution in [-0.2, 0) is 16.4 Å². The zero-order valence-electron chi connectivity index (χ0n) is 32.0. The Balaban J connectivity index is 1.77. The lowest BCUT2D eigenvalue weighted by molar-refractivity contribution is 0.199. The van der Waals surface area contributed by atoms with E-state index in [0.717, 1.165) is 65.2 Å². The Morgan fingerprint density at radius 2 is 1.06 bits per heavy atom. The second-order valence-electron chi connectivity index (χ2n) is 13.9. The van der Waals surface area contributed by atoms with E-state index in [1.165, 1.54) is 55.7 Å². The molecule has 8 nitrogen and oxygen atoms in total. The molecule has 4 aromatic rings. The highest BCUT2D eigenvalue weighted by atomic mass is 32.2. The van der Waals surface area contributed by atoms with E-state index in [-0.39, 0.29) is 31.3 Å². The summed E-state index contributed by atoms with van der Waals surface area (Å²) in [4.78, 5) is 2.49. The summed E-state index contributed by atoms with van der Waals surface area (Å²) in [5.74, 6) is 1.09. The largest absolute Gasteiger partial charge is 0.491 e. The van der Waals surface area contributed by atoms with Crippen molar-refractivity contribution in [2.45, 2.75) is 102 Å². The molecule has 0 saturated heterocycles. The Bertz CT molecular complexity index is 1790. The highest BCUT2D eigenvalue weighted by Gasteiger charge is 2.27. The number of hydrogen-bond acceptors (Lipinski definition) is 7. The molecular weight excluding hydrogens is 673 g/mol. The topological polar surface area (TPSA) is 99.5 Å². The van der Waals surface area contributed by atoms with E-state index in [0.29, 0.717) is 29.9 Å². The third-order valence-electron chi connectivity index (χ3n) is 10.00. The summed E-state index contributed by atoms with van der Waals surface area (Å²) in [6, 6.07) is 19.6. The molecule has 0 spiro atoms. The van der Waals surface area contributed by atoms with E-state index in [4.69, 9.17) is 9.47 Å². The van der Waals surface area contributed by atoms with Gasteiger partial charge in [-0.15, -0.1) is 0 Å². The summed E-state index contributed by atoms with van der Waals surface area (Å²) < 4.78 is 42.2. The first-order chi connectivity index (χ1) is 25.3. The fourth-order valence-corrected chi connectivity index (χ4v) is 8.48. The molecule has 0 heterocycles. The molecule has 52 heavy (non-hydrogen) atoms. The average Bonchev–Trinajstić information content (AvgIpc) is 3.16. The molecule has 0 amide bonds. The highest BCUT2D eigenvalue weighted by Crippen LogP contribution is 2.42. The second-order valence-corrected chi connectivity index (χ2v) is 15.9. The Morgan fingerprint density at radius 1 is 0.596 bits per heavy atom. The van der Waals surface area contributed by atoms with Gasteiger partial charge in [0.1, 0.15) is 24.7 Å². The Morgan fingerprint density at radius 3 is 1.62 bits per heavy atom. The van der Waals surface area contributed by atoms with Gasteiger partial charge in [0.2, 0.25) is 10.0 Å². The maximum absolute atomic E-state index is 14.2. The number of rotatable bonds is 25. The second kappa shape index (κ2) is 21.4. The summed E-state index contributed by atoms with van der Waals surface area (Å²) in [6.45, 7) is 5.62. The molecule has 4 rings (SSSR count). The van der Waals surface area contributed by atoms with Gasteiger partial charge in [0.05, 0.1) is 18.1 Å². The molecule has 0 fully saturated rings. The van der Waals surface area contributed by atoms with Crippen LogP contribution in [0.25, 0.3) is 21.5 Å². The van der Waals surface area contributed by atoms with Gasteiger partial charge >= 0.3 is 0 Å². The predicted octanol–water partition coefficient (Wildman–Crippen LogP) is 9.10. The van der Waals surface area contributed by atoms with Gasteiger partial charge in [0.25, 0.3) is 0 Å². The summed E-state index contributed by atoms with van der Waals surface area (Å²) in [7, 11) is -0.0736. The molecule has 0 saturated carbocycles. The van der Waals surface area contributed by atoms with Crippen molar-refractivity contribution in [3.8, 4) is 11.5 Å². The first-order valence-corrected chi connectivity index (χ1v) is 21.0. The van der Waals surface area contributed by atoms with Gasteiger partial charge in [-0.3, -0.25) is 0 Å². The first kappa shape index (κ1) is 41.4. The number of hydrogen-bond donors (Lipinski definition) is 2. The number of fused-ring (bicyclic) bond motifs is 2. The lowest BCUT2D eigenvalue weighted by Gasteiger charge is -2.25. The van der Waals surface area contributed by atoms with Crippen molar-refractivity contribution in [3.05, 3.63) is 71.8 Å². The number of benzene rings is 4. The van der Waals surface area contributed by atoms with Crippen molar-refractivity contribution in [2.75, 3.05) is 58.5 Å². The van der Waals surface area contributed by atoms with Gasteiger partial charge in [0.15, 0.2) is 0 Å². The molecule has 0 aliphatic rings. The molecule has 286 valence electrons. The smallest absolute Gasteiger partial charge is 0.243 e. The average molecular weight is 735 g/mol. The van der Waals surface area contributed by atoms with Crippen LogP contribution in [0.3, 0.4) is 0 Å². The van der Waals surface area contributed by atoms with E-state index < -0.39 is 10.0 Å². The minimum Gasteiger partial charge on any atom is -0.491 e. The van der Waals surface area contributed by atoms with E-state index in [9.17, 15) is 18.6 Å². The first-order valence-electron chi connectivity index (χ1n) is 19.5. The van der Waals surface area contributed by atoms with Crippen molar-refractivity contribution in [3.63, 3.8) is 0 Å². The van der Waals surface area contributed by atoms with Gasteiger partial charge in [0, 0.05) is 73.3 Å². The standard InChI is InChI=1S/C43H62N2O6S/c1-5-7-9-11-13-19-25-44(3)40-32-41(50-29-27-46)38(34-21-15-17-23-36(34)40)31-39-35-22-16-18-24-37(35)43(33-42(39)51-30-28-47)52(48,49)45(4)26-20-14-12-10-8-6-2/h15-18,21-24,32-33,46-47H,5-14,19-20,25-31H2,1-4H3. The number of ether oxygens (including phenoxy) is 2. The zero-order valence-corrected chi connectivity index (χ0v) is 32.9. The number of nitrogens with zero attached hydrogens (tertiary/aromatic N) is 2. The summed E-state index contributed by atoms with van der Waals surface area (Å²) >= 11 is 0. The van der Waals surface area contributed by atoms with E-state index >= 15 is 0 Å². The highest BCUT2D eigenvalue weighted by molar-refractivity contribution is 7.89. The van der Waals surface area contributed by atoms with E-state index in [1.54, 1.807) is 13.1 Å². The lowest BCUT2D eigenvalue weighted by atomic mass is 9.92. The molecule has 2 N–H and O–H groups in total. The molecular formula is C43H62N2O6S. The molecule has 0 atom stereocenters. The van der Waals surface area contributed by atoms with Crippen LogP contribution in [0.4, 0.5) is 5.69 Å². The van der Waals surface area contributed by atoms with Crippen LogP contribution in [-0.4, -0.2) is 76.5 Å². The van der Waals surface area contributed by atoms with Crippen LogP contribution < -0.4 is 14.4 Å². The van der Waals surface area contributed by atoms with Gasteiger partial charge in [-0.05, 0) is 23.6 Å². The van der Waals surface area contributed by atoms with E-state index in [1.807, 2.05) is 30.3 Å². The van der Waals surface area contributed by atoms with Crippen LogP contribution in [0.5, 0.6) is 11.5 Å². The van der Waals surface area contributed by atoms with Crippen molar-refractivity contribution in [2.24, 2.45) is 0 Å². The summed E-state index contributed by atoms with van der Waals surface area (Å²) in [5.41, 5.74) is 2.81. The van der Waals surface area contributed by atoms with Crippen molar-refractivity contribution >= 4 is 37.3 Å². The molecule has 0 unspecified atom stereocenters. The number of anilines is 1. The molecule has 0 bridgehead atoms. The van der Waals surface area contributed by atoms with E-state index in [2.05, 4.69) is 50.1 Å². The van der Waals surface area contributed by atoms with Crippen LogP contribution in [0, 0.1) is 0 Å². The fourth-order valence-electron chi connectivity index (χ4n) is 7.06. The minimum atomic E-state index is -3.85. The maximum Gasteiger partial charge on any atom is 0.243 e. The Hall–Kier alpha value is -3.37. The normalized spacial score (nSPS) is 11.9. The molecule has 0 radical (unpaired) electrons. The van der Waals surface area contributed by atoms with Crippen molar-refractivity contribution < 1.29 is 28.1 Å². The third kappa shape index (κ3) is 10.8. The number of aliphatic hydroxyl groups excluding tert-OH is 2. The molecule has 0 aliphatic carbocycles. The van der Waals surface area contributed by atoms with Gasteiger partial charge < -0.3 is 24.6 Å². The third-order valence-corrected chi connectivity index (χ3v) is 11.9. The summed E-state index contributed by atoms with van der Waals surface area (Å²) in [6.07, 6.45) is 14.2. The zero-order chi connectivity index (χ0) is 37.3. The lowest BCUT2D eigenvalue weighted by Crippen LogP contribution is -2.28. The summed E-state index contributed by atoms with van der Waals surface area (Å²) in [5, 5.41) is 23.1. The van der Waals surface area contributed by atoms with Crippen molar-refractivity contribution in [1.82, 2.24) is 4.31 Å². The van der Waals surface area contributed by atoms with Gasteiger partial charge in [-0.25, -0.2) is 12.7 Å². The fraction of sp³-hybridized carbons (Fsp3) is 0.535. The van der Waals surface area contributed by atoms with Crippen molar-refractivity contribution in [1.29, 1.82) is 0 Å². The maximum atomic E-state index is 14.2. The molecule has 0 aromatic heterocycles. The molecule has 0 aliphatic heterocycles. The van der Waals surface area contributed by atoms with Crippen LogP contribution in [0.1, 0.15) is 102 Å². The van der Waals surface area contributed by atoms with Crippen LogP contribution >= 0.6 is 0 Å². The number of aliphatic hydroxyl groups is 2. The molecule has 4 aromatic carbocycles. The Kier molecular flexibility index (Phi) is 17.0. The predicted molar refractivity (Wildman–Crippen MR) is 216 cm³/mol. The number of sulfonamides is 1.